The van der Waals surface area contributed by atoms with Gasteiger partial charge in [0.1, 0.15) is 0 Å². The molecule has 3 aromatic heterocycles. The monoisotopic (exact) mass is 378 g/mol. The van der Waals surface area contributed by atoms with Gasteiger partial charge in [0.25, 0.3) is 0 Å². The Morgan fingerprint density at radius 1 is 1.35 bits per heavy atom. The third-order valence-corrected chi connectivity index (χ3v) is 4.11. The average Bonchev–Trinajstić information content (AvgIpc) is 3.26. The van der Waals surface area contributed by atoms with Crippen molar-refractivity contribution < 1.29 is 9.47 Å². The van der Waals surface area contributed by atoms with E-state index in [9.17, 15) is 0 Å². The van der Waals surface area contributed by atoms with Crippen LogP contribution in [0.15, 0.2) is 35.2 Å². The molecule has 0 radical (unpaired) electrons. The van der Waals surface area contributed by atoms with Gasteiger partial charge >= 0.3 is 0 Å². The molecule has 0 aliphatic carbocycles. The van der Waals surface area contributed by atoms with Gasteiger partial charge in [0.15, 0.2) is 11.9 Å². The van der Waals surface area contributed by atoms with Crippen LogP contribution in [0.4, 0.5) is 11.6 Å². The highest BCUT2D eigenvalue weighted by Gasteiger charge is 2.15. The molecule has 8 nitrogen and oxygen atoms in total. The first-order chi connectivity index (χ1) is 11.3. The van der Waals surface area contributed by atoms with Crippen molar-refractivity contribution in [1.82, 2.24) is 24.4 Å². The molecule has 0 atom stereocenters. The Morgan fingerprint density at radius 2 is 2.22 bits per heavy atom. The molecule has 1 aliphatic heterocycles. The summed E-state index contributed by atoms with van der Waals surface area (Å²) in [5, 5.41) is 11.8. The Labute approximate surface area is 140 Å². The molecule has 0 unspecified atom stereocenters. The number of ether oxygens (including phenoxy) is 2. The van der Waals surface area contributed by atoms with E-state index in [1.54, 1.807) is 10.7 Å². The number of halogens is 1. The molecule has 1 N–H and O–H groups in total. The normalized spacial score (nSPS) is 15.5. The first-order valence-electron chi connectivity index (χ1n) is 7.31. The van der Waals surface area contributed by atoms with Crippen LogP contribution in [-0.2, 0) is 16.0 Å². The molecular weight excluding hydrogens is 364 g/mol. The highest BCUT2D eigenvalue weighted by Crippen LogP contribution is 2.19. The number of nitrogens with zero attached hydrogens (tertiary/aromatic N) is 5. The molecule has 4 rings (SSSR count). The van der Waals surface area contributed by atoms with E-state index in [1.165, 1.54) is 0 Å². The Bertz CT molecular complexity index is 811. The molecule has 3 aromatic rings. The lowest BCUT2D eigenvalue weighted by Crippen LogP contribution is -2.12. The molecule has 1 saturated heterocycles. The summed E-state index contributed by atoms with van der Waals surface area (Å²) in [6.07, 6.45) is 6.17. The summed E-state index contributed by atoms with van der Waals surface area (Å²) in [4.78, 5) is 4.44. The summed E-state index contributed by atoms with van der Waals surface area (Å²) >= 11 is 3.46. The van der Waals surface area contributed by atoms with Crippen LogP contribution < -0.4 is 5.32 Å². The number of fused-ring (bicyclic) bond motifs is 1. The molecule has 9 heteroatoms. The lowest BCUT2D eigenvalue weighted by molar-refractivity contribution is -0.0495. The Balaban J connectivity index is 1.42. The van der Waals surface area contributed by atoms with Gasteiger partial charge < -0.3 is 14.8 Å². The molecule has 4 heterocycles. The van der Waals surface area contributed by atoms with Crippen LogP contribution in [0.5, 0.6) is 0 Å². The fourth-order valence-corrected chi connectivity index (χ4v) is 2.84. The first-order valence-corrected chi connectivity index (χ1v) is 8.11. The van der Waals surface area contributed by atoms with Crippen molar-refractivity contribution in [3.63, 3.8) is 0 Å². The Morgan fingerprint density at radius 3 is 3.04 bits per heavy atom. The van der Waals surface area contributed by atoms with Crippen molar-refractivity contribution in [2.45, 2.75) is 19.3 Å². The van der Waals surface area contributed by atoms with E-state index < -0.39 is 0 Å². The number of hydrogen-bond donors (Lipinski definition) is 1. The molecule has 1 fully saturated rings. The van der Waals surface area contributed by atoms with Gasteiger partial charge in [-0.15, -0.1) is 5.10 Å². The van der Waals surface area contributed by atoms with E-state index in [0.29, 0.717) is 19.2 Å². The quantitative estimate of drug-likeness (QED) is 0.732. The van der Waals surface area contributed by atoms with Gasteiger partial charge in [-0.25, -0.2) is 4.52 Å². The highest BCUT2D eigenvalue weighted by molar-refractivity contribution is 9.10. The van der Waals surface area contributed by atoms with Crippen molar-refractivity contribution in [2.24, 2.45) is 0 Å². The second-order valence-corrected chi connectivity index (χ2v) is 5.99. The second kappa shape index (κ2) is 6.26. The molecule has 0 aromatic carbocycles. The van der Waals surface area contributed by atoms with Crippen molar-refractivity contribution in [3.05, 3.63) is 35.2 Å². The SMILES string of the molecule is Brc1cccn2nc(Nc3cnn(CCC4OCCO4)c3)nc12. The fourth-order valence-electron chi connectivity index (χ4n) is 2.42. The van der Waals surface area contributed by atoms with E-state index in [4.69, 9.17) is 9.47 Å². The fraction of sp³-hybridized carbons (Fsp3) is 0.357. The molecule has 1 aliphatic rings. The van der Waals surface area contributed by atoms with Crippen LogP contribution in [-0.4, -0.2) is 43.9 Å². The van der Waals surface area contributed by atoms with Crippen molar-refractivity contribution >= 4 is 33.2 Å². The minimum Gasteiger partial charge on any atom is -0.350 e. The van der Waals surface area contributed by atoms with Gasteiger partial charge in [0.05, 0.1) is 29.6 Å². The number of pyridine rings is 1. The minimum atomic E-state index is -0.118. The van der Waals surface area contributed by atoms with Crippen LogP contribution in [0.3, 0.4) is 0 Å². The van der Waals surface area contributed by atoms with E-state index in [2.05, 4.69) is 36.4 Å². The summed E-state index contributed by atoms with van der Waals surface area (Å²) in [6, 6.07) is 3.83. The van der Waals surface area contributed by atoms with Crippen LogP contribution in [0, 0.1) is 0 Å². The number of aryl methyl sites for hydroxylation is 1. The third-order valence-electron chi connectivity index (χ3n) is 3.49. The number of rotatable bonds is 5. The number of anilines is 2. The largest absolute Gasteiger partial charge is 0.350 e. The molecular formula is C14H15BrN6O2. The predicted octanol–water partition coefficient (Wildman–Crippen LogP) is 2.19. The summed E-state index contributed by atoms with van der Waals surface area (Å²) < 4.78 is 15.3. The van der Waals surface area contributed by atoms with E-state index in [-0.39, 0.29) is 6.29 Å². The van der Waals surface area contributed by atoms with E-state index in [0.717, 1.165) is 28.8 Å². The van der Waals surface area contributed by atoms with Gasteiger partial charge in [0, 0.05) is 25.4 Å². The van der Waals surface area contributed by atoms with Crippen LogP contribution >= 0.6 is 15.9 Å². The standard InChI is InChI=1S/C14H15BrN6O2/c15-11-2-1-4-21-13(11)18-14(19-21)17-10-8-16-20(9-10)5-3-12-22-6-7-23-12/h1-2,4,8-9,12H,3,5-7H2,(H,17,19). The average molecular weight is 379 g/mol. The number of nitrogens with one attached hydrogen (secondary N) is 1. The van der Waals surface area contributed by atoms with Crippen LogP contribution in [0.1, 0.15) is 6.42 Å². The summed E-state index contributed by atoms with van der Waals surface area (Å²) in [6.45, 7) is 2.08. The summed E-state index contributed by atoms with van der Waals surface area (Å²) in [7, 11) is 0. The van der Waals surface area contributed by atoms with Gasteiger partial charge in [0.2, 0.25) is 5.95 Å². The van der Waals surface area contributed by atoms with Gasteiger partial charge in [-0.2, -0.15) is 10.1 Å². The Hall–Kier alpha value is -1.97. The number of hydrogen-bond acceptors (Lipinski definition) is 6. The molecule has 0 amide bonds. The molecule has 120 valence electrons. The van der Waals surface area contributed by atoms with Gasteiger partial charge in [-0.1, -0.05) is 0 Å². The lowest BCUT2D eigenvalue weighted by atomic mass is 10.4. The highest BCUT2D eigenvalue weighted by atomic mass is 79.9. The minimum absolute atomic E-state index is 0.118. The van der Waals surface area contributed by atoms with Crippen LogP contribution in [0.25, 0.3) is 5.65 Å². The smallest absolute Gasteiger partial charge is 0.247 e. The van der Waals surface area contributed by atoms with Gasteiger partial charge in [-0.3, -0.25) is 4.68 Å². The zero-order valence-corrected chi connectivity index (χ0v) is 13.8. The van der Waals surface area contributed by atoms with Crippen LogP contribution in [0.2, 0.25) is 0 Å². The van der Waals surface area contributed by atoms with E-state index in [1.807, 2.05) is 29.2 Å². The topological polar surface area (TPSA) is 78.5 Å². The summed E-state index contributed by atoms with van der Waals surface area (Å²) in [5.41, 5.74) is 1.60. The van der Waals surface area contributed by atoms with Gasteiger partial charge in [-0.05, 0) is 28.1 Å². The van der Waals surface area contributed by atoms with Crippen molar-refractivity contribution in [3.8, 4) is 0 Å². The zero-order valence-electron chi connectivity index (χ0n) is 12.2. The Kier molecular flexibility index (Phi) is 3.98. The molecule has 0 spiro atoms. The van der Waals surface area contributed by atoms with Crippen molar-refractivity contribution in [2.75, 3.05) is 18.5 Å². The predicted molar refractivity (Wildman–Crippen MR) is 86.5 cm³/mol. The zero-order chi connectivity index (χ0) is 15.6. The maximum atomic E-state index is 5.42. The summed E-state index contributed by atoms with van der Waals surface area (Å²) in [5.74, 6) is 0.527. The third kappa shape index (κ3) is 3.21. The molecule has 0 bridgehead atoms. The van der Waals surface area contributed by atoms with Crippen molar-refractivity contribution in [1.29, 1.82) is 0 Å². The number of aromatic nitrogens is 5. The van der Waals surface area contributed by atoms with E-state index >= 15 is 0 Å². The molecule has 0 saturated carbocycles. The first kappa shape index (κ1) is 14.6. The lowest BCUT2D eigenvalue weighted by Gasteiger charge is -2.08. The molecule has 23 heavy (non-hydrogen) atoms. The maximum Gasteiger partial charge on any atom is 0.247 e. The second-order valence-electron chi connectivity index (χ2n) is 5.14. The maximum absolute atomic E-state index is 5.42.